The van der Waals surface area contributed by atoms with Crippen LogP contribution in [0.5, 0.6) is 0 Å². The van der Waals surface area contributed by atoms with Crippen molar-refractivity contribution in [1.29, 1.82) is 0 Å². The quantitative estimate of drug-likeness (QED) is 0.698. The maximum Gasteiger partial charge on any atom is 0.259 e. The molecule has 0 fully saturated rings. The van der Waals surface area contributed by atoms with E-state index in [2.05, 4.69) is 10.1 Å². The molecule has 1 aromatic heterocycles. The summed E-state index contributed by atoms with van der Waals surface area (Å²) in [6.45, 7) is 0.134. The average Bonchev–Trinajstić information content (AvgIpc) is 3.09. The monoisotopic (exact) mass is 361 g/mol. The smallest absolute Gasteiger partial charge is 0.259 e. The molecular weight excluding hydrogens is 347 g/mol. The summed E-state index contributed by atoms with van der Waals surface area (Å²) in [5, 5.41) is 3.79. The summed E-state index contributed by atoms with van der Waals surface area (Å²) in [5.41, 5.74) is -0.0434. The van der Waals surface area contributed by atoms with E-state index < -0.39 is 23.1 Å². The molecule has 0 radical (unpaired) electrons. The van der Waals surface area contributed by atoms with Crippen LogP contribution in [0.15, 0.2) is 47.0 Å². The second-order valence-electron chi connectivity index (χ2n) is 5.60. The van der Waals surface area contributed by atoms with Crippen molar-refractivity contribution in [3.05, 3.63) is 71.3 Å². The molecule has 0 spiro atoms. The van der Waals surface area contributed by atoms with E-state index in [1.807, 2.05) is 0 Å². The Labute approximate surface area is 147 Å². The van der Waals surface area contributed by atoms with Gasteiger partial charge in [-0.1, -0.05) is 11.2 Å². The largest absolute Gasteiger partial charge is 0.341 e. The Hall–Kier alpha value is -3.16. The van der Waals surface area contributed by atoms with Crippen LogP contribution in [0.2, 0.25) is 0 Å². The lowest BCUT2D eigenvalue weighted by Gasteiger charge is -2.16. The summed E-state index contributed by atoms with van der Waals surface area (Å²) >= 11 is 0. The third-order valence-electron chi connectivity index (χ3n) is 3.75. The van der Waals surface area contributed by atoms with Crippen LogP contribution in [0.25, 0.3) is 11.5 Å². The Morgan fingerprint density at radius 2 is 1.73 bits per heavy atom. The summed E-state index contributed by atoms with van der Waals surface area (Å²) in [6.07, 6.45) is 0.225. The highest BCUT2D eigenvalue weighted by Gasteiger charge is 2.21. The Morgan fingerprint density at radius 1 is 1.08 bits per heavy atom. The van der Waals surface area contributed by atoms with Gasteiger partial charge in [0.1, 0.15) is 23.0 Å². The van der Waals surface area contributed by atoms with Crippen molar-refractivity contribution in [3.63, 3.8) is 0 Å². The highest BCUT2D eigenvalue weighted by molar-refractivity contribution is 5.94. The van der Waals surface area contributed by atoms with E-state index in [9.17, 15) is 18.0 Å². The van der Waals surface area contributed by atoms with E-state index in [1.54, 1.807) is 0 Å². The van der Waals surface area contributed by atoms with Gasteiger partial charge in [0.25, 0.3) is 11.8 Å². The zero-order valence-electron chi connectivity index (χ0n) is 13.7. The summed E-state index contributed by atoms with van der Waals surface area (Å²) in [5.74, 6) is -2.45. The van der Waals surface area contributed by atoms with Crippen molar-refractivity contribution in [2.24, 2.45) is 0 Å². The zero-order chi connectivity index (χ0) is 18.7. The van der Waals surface area contributed by atoms with Gasteiger partial charge in [-0.15, -0.1) is 0 Å². The molecule has 0 saturated carbocycles. The zero-order valence-corrected chi connectivity index (χ0v) is 13.7. The third kappa shape index (κ3) is 3.74. The fraction of sp³-hybridized carbons (Fsp3) is 0.167. The average molecular weight is 361 g/mol. The van der Waals surface area contributed by atoms with Crippen LogP contribution in [0.4, 0.5) is 13.2 Å². The van der Waals surface area contributed by atoms with Gasteiger partial charge in [0.05, 0.1) is 0 Å². The van der Waals surface area contributed by atoms with Crippen molar-refractivity contribution >= 4 is 5.91 Å². The van der Waals surface area contributed by atoms with Crippen LogP contribution < -0.4 is 0 Å². The number of halogens is 3. The van der Waals surface area contributed by atoms with Crippen molar-refractivity contribution in [3.8, 4) is 11.5 Å². The maximum atomic E-state index is 13.7. The summed E-state index contributed by atoms with van der Waals surface area (Å²) in [6, 6.07) is 8.80. The number of hydrogen-bond donors (Lipinski definition) is 0. The van der Waals surface area contributed by atoms with Gasteiger partial charge in [-0.05, 0) is 36.4 Å². The number of hydrogen-bond acceptors (Lipinski definition) is 4. The molecule has 0 unspecified atom stereocenters. The second-order valence-corrected chi connectivity index (χ2v) is 5.60. The molecule has 1 amide bonds. The van der Waals surface area contributed by atoms with Gasteiger partial charge in [-0.3, -0.25) is 4.79 Å². The number of carbonyl (C=O) groups excluding carboxylic acids is 1. The van der Waals surface area contributed by atoms with Gasteiger partial charge >= 0.3 is 0 Å². The van der Waals surface area contributed by atoms with Gasteiger partial charge in [0.2, 0.25) is 0 Å². The summed E-state index contributed by atoms with van der Waals surface area (Å²) < 4.78 is 45.4. The topological polar surface area (TPSA) is 59.2 Å². The van der Waals surface area contributed by atoms with Crippen molar-refractivity contribution in [2.45, 2.75) is 6.42 Å². The van der Waals surface area contributed by atoms with Crippen molar-refractivity contribution in [2.75, 3.05) is 13.6 Å². The van der Waals surface area contributed by atoms with E-state index in [-0.39, 0.29) is 24.7 Å². The minimum Gasteiger partial charge on any atom is -0.341 e. The molecule has 5 nitrogen and oxygen atoms in total. The number of benzene rings is 2. The number of aromatic nitrogens is 2. The maximum absolute atomic E-state index is 13.7. The Bertz CT molecular complexity index is 905. The molecule has 134 valence electrons. The number of likely N-dealkylation sites (N-methyl/N-ethyl adjacent to an activating group) is 1. The lowest BCUT2D eigenvalue weighted by Crippen LogP contribution is -2.30. The lowest BCUT2D eigenvalue weighted by molar-refractivity contribution is 0.0786. The SMILES string of the molecule is CN(CCc1noc(-c2ccc(F)cc2)n1)C(=O)c1c(F)cccc1F. The van der Waals surface area contributed by atoms with Gasteiger partial charge < -0.3 is 9.42 Å². The van der Waals surface area contributed by atoms with Gasteiger partial charge in [0.15, 0.2) is 5.82 Å². The normalized spacial score (nSPS) is 10.8. The molecule has 0 aliphatic rings. The van der Waals surface area contributed by atoms with Crippen molar-refractivity contribution < 1.29 is 22.5 Å². The van der Waals surface area contributed by atoms with E-state index in [0.29, 0.717) is 11.4 Å². The molecule has 2 aromatic carbocycles. The molecule has 0 aliphatic carbocycles. The minimum absolute atomic E-state index is 0.134. The first kappa shape index (κ1) is 17.7. The summed E-state index contributed by atoms with van der Waals surface area (Å²) in [7, 11) is 1.43. The van der Waals surface area contributed by atoms with Crippen LogP contribution in [0, 0.1) is 17.5 Å². The van der Waals surface area contributed by atoms with Gasteiger partial charge in [-0.25, -0.2) is 13.2 Å². The Morgan fingerprint density at radius 3 is 2.38 bits per heavy atom. The van der Waals surface area contributed by atoms with E-state index in [4.69, 9.17) is 4.52 Å². The first-order chi connectivity index (χ1) is 12.5. The van der Waals surface area contributed by atoms with E-state index in [1.165, 1.54) is 42.3 Å². The number of nitrogens with zero attached hydrogens (tertiary/aromatic N) is 3. The Kier molecular flexibility index (Phi) is 5.01. The van der Waals surface area contributed by atoms with Crippen LogP contribution >= 0.6 is 0 Å². The fourth-order valence-corrected chi connectivity index (χ4v) is 2.33. The highest BCUT2D eigenvalue weighted by Crippen LogP contribution is 2.18. The number of carbonyl (C=O) groups is 1. The van der Waals surface area contributed by atoms with Crippen LogP contribution in [-0.4, -0.2) is 34.5 Å². The van der Waals surface area contributed by atoms with Crippen LogP contribution in [0.3, 0.4) is 0 Å². The third-order valence-corrected chi connectivity index (χ3v) is 3.75. The summed E-state index contributed by atoms with van der Waals surface area (Å²) in [4.78, 5) is 17.6. The predicted octanol–water partition coefficient (Wildman–Crippen LogP) is 3.47. The van der Waals surface area contributed by atoms with E-state index in [0.717, 1.165) is 12.1 Å². The molecule has 0 bridgehead atoms. The Balaban J connectivity index is 1.66. The van der Waals surface area contributed by atoms with E-state index >= 15 is 0 Å². The van der Waals surface area contributed by atoms with Crippen LogP contribution in [0.1, 0.15) is 16.2 Å². The van der Waals surface area contributed by atoms with Crippen molar-refractivity contribution in [1.82, 2.24) is 15.0 Å². The van der Waals surface area contributed by atoms with Gasteiger partial charge in [0, 0.05) is 25.6 Å². The number of rotatable bonds is 5. The molecular formula is C18H14F3N3O2. The molecule has 3 aromatic rings. The molecule has 0 N–H and O–H groups in total. The molecule has 0 atom stereocenters. The first-order valence-electron chi connectivity index (χ1n) is 7.73. The van der Waals surface area contributed by atoms with Gasteiger partial charge in [-0.2, -0.15) is 4.98 Å². The predicted molar refractivity (Wildman–Crippen MR) is 86.7 cm³/mol. The molecule has 26 heavy (non-hydrogen) atoms. The number of amides is 1. The second kappa shape index (κ2) is 7.38. The fourth-order valence-electron chi connectivity index (χ4n) is 2.33. The highest BCUT2D eigenvalue weighted by atomic mass is 19.1. The molecule has 8 heteroatoms. The van der Waals surface area contributed by atoms with Crippen LogP contribution in [-0.2, 0) is 6.42 Å². The lowest BCUT2D eigenvalue weighted by atomic mass is 10.1. The first-order valence-corrected chi connectivity index (χ1v) is 7.73. The molecule has 0 saturated heterocycles. The molecule has 3 rings (SSSR count). The minimum atomic E-state index is -0.917. The molecule has 0 aliphatic heterocycles. The molecule has 1 heterocycles. The standard InChI is InChI=1S/C18H14F3N3O2/c1-24(18(25)16-13(20)3-2-4-14(16)21)10-9-15-22-17(26-23-15)11-5-7-12(19)8-6-11/h2-8H,9-10H2,1H3.